The van der Waals surface area contributed by atoms with E-state index in [1.165, 1.54) is 15.7 Å². The molecule has 114 valence electrons. The van der Waals surface area contributed by atoms with Crippen molar-refractivity contribution in [2.24, 2.45) is 0 Å². The van der Waals surface area contributed by atoms with Gasteiger partial charge in [-0.2, -0.15) is 9.38 Å². The molecule has 7 nitrogen and oxygen atoms in total. The second kappa shape index (κ2) is 6.44. The number of thiazole rings is 1. The lowest BCUT2D eigenvalue weighted by atomic mass is 10.3. The van der Waals surface area contributed by atoms with Crippen LogP contribution in [0.2, 0.25) is 0 Å². The number of fused-ring (bicyclic) bond motifs is 1. The summed E-state index contributed by atoms with van der Waals surface area (Å²) in [7, 11) is 0. The molecule has 2 aromatic heterocycles. The Hall–Kier alpha value is -2.61. The Morgan fingerprint density at radius 3 is 2.95 bits per heavy atom. The van der Waals surface area contributed by atoms with Crippen molar-refractivity contribution in [3.05, 3.63) is 52.0 Å². The predicted octanol–water partition coefficient (Wildman–Crippen LogP) is 3.19. The van der Waals surface area contributed by atoms with E-state index in [0.29, 0.717) is 23.9 Å². The molecule has 0 fully saturated rings. The Kier molecular flexibility index (Phi) is 4.19. The minimum atomic E-state index is -0.421. The van der Waals surface area contributed by atoms with E-state index in [2.05, 4.69) is 10.3 Å². The average molecular weight is 318 g/mol. The van der Waals surface area contributed by atoms with Gasteiger partial charge in [0, 0.05) is 11.9 Å². The molecule has 0 amide bonds. The summed E-state index contributed by atoms with van der Waals surface area (Å²) in [5.74, 6) is 1.09. The molecular formula is C14H14N4O3S. The average Bonchev–Trinajstić information content (AvgIpc) is 3.08. The van der Waals surface area contributed by atoms with Crippen LogP contribution < -0.4 is 10.1 Å². The van der Waals surface area contributed by atoms with Crippen LogP contribution in [0.15, 0.2) is 41.9 Å². The zero-order chi connectivity index (χ0) is 15.4. The van der Waals surface area contributed by atoms with Gasteiger partial charge in [0.25, 0.3) is 4.96 Å². The van der Waals surface area contributed by atoms with Crippen molar-refractivity contribution in [1.29, 1.82) is 0 Å². The van der Waals surface area contributed by atoms with Crippen LogP contribution in [0.25, 0.3) is 4.96 Å². The summed E-state index contributed by atoms with van der Waals surface area (Å²) in [6.45, 7) is 1.09. The van der Waals surface area contributed by atoms with Crippen LogP contribution in [-0.2, 0) is 0 Å². The first-order valence-electron chi connectivity index (χ1n) is 6.77. The normalized spacial score (nSPS) is 10.7. The van der Waals surface area contributed by atoms with Crippen LogP contribution in [0.3, 0.4) is 0 Å². The molecule has 0 spiro atoms. The van der Waals surface area contributed by atoms with E-state index in [-0.39, 0.29) is 5.82 Å². The van der Waals surface area contributed by atoms with Gasteiger partial charge in [-0.25, -0.2) is 0 Å². The summed E-state index contributed by atoms with van der Waals surface area (Å²) in [5, 5.41) is 15.9. The smallest absolute Gasteiger partial charge is 0.372 e. The number of nitro groups is 1. The topological polar surface area (TPSA) is 81.7 Å². The Morgan fingerprint density at radius 2 is 2.18 bits per heavy atom. The van der Waals surface area contributed by atoms with Crippen molar-refractivity contribution < 1.29 is 9.66 Å². The SMILES string of the molecule is O=[N+]([O-])c1c(NCCCOc2ccccc2)nc2sccn12. The molecule has 0 saturated heterocycles. The zero-order valence-corrected chi connectivity index (χ0v) is 12.5. The molecule has 22 heavy (non-hydrogen) atoms. The van der Waals surface area contributed by atoms with Crippen LogP contribution >= 0.6 is 11.3 Å². The number of hydrogen-bond acceptors (Lipinski definition) is 6. The number of para-hydroxylation sites is 1. The Labute approximate surface area is 130 Å². The van der Waals surface area contributed by atoms with Crippen molar-refractivity contribution >= 4 is 27.9 Å². The van der Waals surface area contributed by atoms with Gasteiger partial charge >= 0.3 is 5.82 Å². The van der Waals surface area contributed by atoms with Gasteiger partial charge in [0.05, 0.1) is 6.61 Å². The van der Waals surface area contributed by atoms with Gasteiger partial charge in [0.1, 0.15) is 11.9 Å². The molecule has 0 unspecified atom stereocenters. The zero-order valence-electron chi connectivity index (χ0n) is 11.6. The maximum absolute atomic E-state index is 11.2. The first-order chi connectivity index (χ1) is 10.8. The van der Waals surface area contributed by atoms with Gasteiger partial charge in [-0.05, 0) is 23.5 Å². The molecule has 3 aromatic rings. The predicted molar refractivity (Wildman–Crippen MR) is 84.8 cm³/mol. The summed E-state index contributed by atoms with van der Waals surface area (Å²) >= 11 is 1.36. The summed E-state index contributed by atoms with van der Waals surface area (Å²) in [4.78, 5) is 15.6. The second-order valence-corrected chi connectivity index (χ2v) is 5.41. The molecule has 0 aliphatic rings. The minimum absolute atomic E-state index is 0.0276. The summed E-state index contributed by atoms with van der Waals surface area (Å²) in [6.07, 6.45) is 2.37. The first-order valence-corrected chi connectivity index (χ1v) is 7.65. The molecule has 0 radical (unpaired) electrons. The molecular weight excluding hydrogens is 304 g/mol. The number of anilines is 1. The van der Waals surface area contributed by atoms with Gasteiger partial charge in [-0.3, -0.25) is 0 Å². The Balaban J connectivity index is 1.54. The first kappa shape index (κ1) is 14.3. The third-order valence-corrected chi connectivity index (χ3v) is 3.79. The lowest BCUT2D eigenvalue weighted by molar-refractivity contribution is -0.389. The standard InChI is InChI=1S/C14H14N4O3S/c19-18(20)13-12(16-14-17(13)8-10-22-14)15-7-4-9-21-11-5-2-1-3-6-11/h1-3,5-6,8,10,15H,4,7,9H2. The highest BCUT2D eigenvalue weighted by molar-refractivity contribution is 7.15. The lowest BCUT2D eigenvalue weighted by Gasteiger charge is -2.06. The second-order valence-electron chi connectivity index (χ2n) is 4.54. The highest BCUT2D eigenvalue weighted by Crippen LogP contribution is 2.27. The monoisotopic (exact) mass is 318 g/mol. The molecule has 0 aliphatic carbocycles. The Bertz CT molecular complexity index is 769. The van der Waals surface area contributed by atoms with Crippen LogP contribution in [0.1, 0.15) is 6.42 Å². The lowest BCUT2D eigenvalue weighted by Crippen LogP contribution is -2.09. The van der Waals surface area contributed by atoms with E-state index in [9.17, 15) is 10.1 Å². The van der Waals surface area contributed by atoms with Crippen LogP contribution in [0.4, 0.5) is 11.6 Å². The summed E-state index contributed by atoms with van der Waals surface area (Å²) in [6, 6.07) is 9.53. The van der Waals surface area contributed by atoms with Crippen molar-refractivity contribution in [2.45, 2.75) is 6.42 Å². The quantitative estimate of drug-likeness (QED) is 0.411. The fourth-order valence-corrected chi connectivity index (χ4v) is 2.76. The van der Waals surface area contributed by atoms with Gasteiger partial charge in [-0.1, -0.05) is 29.5 Å². The van der Waals surface area contributed by atoms with E-state index >= 15 is 0 Å². The number of rotatable bonds is 7. The maximum Gasteiger partial charge on any atom is 0.372 e. The fraction of sp³-hybridized carbons (Fsp3) is 0.214. The van der Waals surface area contributed by atoms with Crippen LogP contribution in [0, 0.1) is 10.1 Å². The van der Waals surface area contributed by atoms with Gasteiger partial charge in [0.2, 0.25) is 5.82 Å². The largest absolute Gasteiger partial charge is 0.494 e. The highest BCUT2D eigenvalue weighted by atomic mass is 32.1. The molecule has 0 atom stereocenters. The van der Waals surface area contributed by atoms with Crippen molar-refractivity contribution in [2.75, 3.05) is 18.5 Å². The molecule has 2 heterocycles. The highest BCUT2D eigenvalue weighted by Gasteiger charge is 2.22. The van der Waals surface area contributed by atoms with Crippen molar-refractivity contribution in [1.82, 2.24) is 9.38 Å². The van der Waals surface area contributed by atoms with Crippen molar-refractivity contribution in [3.8, 4) is 5.75 Å². The van der Waals surface area contributed by atoms with E-state index in [0.717, 1.165) is 12.2 Å². The van der Waals surface area contributed by atoms with E-state index < -0.39 is 4.92 Å². The summed E-state index contributed by atoms with van der Waals surface area (Å²) in [5.41, 5.74) is 0. The number of imidazole rings is 1. The molecule has 8 heteroatoms. The number of aromatic nitrogens is 2. The van der Waals surface area contributed by atoms with Crippen LogP contribution in [-0.4, -0.2) is 27.5 Å². The number of hydrogen-bond donors (Lipinski definition) is 1. The third kappa shape index (κ3) is 3.01. The number of benzene rings is 1. The van der Waals surface area contributed by atoms with E-state index in [1.54, 1.807) is 11.6 Å². The molecule has 0 aliphatic heterocycles. The fourth-order valence-electron chi connectivity index (χ4n) is 2.05. The Morgan fingerprint density at radius 1 is 1.36 bits per heavy atom. The van der Waals surface area contributed by atoms with Gasteiger partial charge in [0.15, 0.2) is 0 Å². The minimum Gasteiger partial charge on any atom is -0.494 e. The molecule has 1 N–H and O–H groups in total. The third-order valence-electron chi connectivity index (χ3n) is 3.04. The number of nitrogens with zero attached hydrogens (tertiary/aromatic N) is 3. The number of ether oxygens (including phenoxy) is 1. The molecule has 0 bridgehead atoms. The molecule has 3 rings (SSSR count). The van der Waals surface area contributed by atoms with Gasteiger partial charge in [-0.15, -0.1) is 0 Å². The van der Waals surface area contributed by atoms with E-state index in [4.69, 9.17) is 4.74 Å². The van der Waals surface area contributed by atoms with Gasteiger partial charge < -0.3 is 20.2 Å². The molecule has 0 saturated carbocycles. The maximum atomic E-state index is 11.2. The summed E-state index contributed by atoms with van der Waals surface area (Å²) < 4.78 is 7.05. The van der Waals surface area contributed by atoms with E-state index in [1.807, 2.05) is 30.3 Å². The molecule has 1 aromatic carbocycles. The van der Waals surface area contributed by atoms with Crippen LogP contribution in [0.5, 0.6) is 5.75 Å². The number of nitrogens with one attached hydrogen (secondary N) is 1. The van der Waals surface area contributed by atoms with Crippen molar-refractivity contribution in [3.63, 3.8) is 0 Å².